The Bertz CT molecular complexity index is 651. The lowest BCUT2D eigenvalue weighted by Crippen LogP contribution is -2.26. The Morgan fingerprint density at radius 1 is 1.32 bits per heavy atom. The Morgan fingerprint density at radius 3 is 3.00 bits per heavy atom. The van der Waals surface area contributed by atoms with Crippen LogP contribution in [0.4, 0.5) is 0 Å². The first-order chi connectivity index (χ1) is 9.33. The quantitative estimate of drug-likeness (QED) is 0.665. The van der Waals surface area contributed by atoms with E-state index < -0.39 is 0 Å². The molecule has 3 N–H and O–H groups in total. The van der Waals surface area contributed by atoms with Crippen molar-refractivity contribution in [2.75, 3.05) is 6.54 Å². The number of benzene rings is 1. The number of H-pyrrole nitrogens is 2. The van der Waals surface area contributed by atoms with Crippen molar-refractivity contribution in [2.45, 2.75) is 6.42 Å². The summed E-state index contributed by atoms with van der Waals surface area (Å²) in [6.07, 6.45) is 4.17. The van der Waals surface area contributed by atoms with E-state index in [1.54, 1.807) is 12.4 Å². The molecular formula is C14H14N4O. The number of aromatic nitrogens is 3. The summed E-state index contributed by atoms with van der Waals surface area (Å²) in [6, 6.07) is 9.68. The number of rotatable bonds is 4. The minimum Gasteiger partial charge on any atom is -0.351 e. The smallest absolute Gasteiger partial charge is 0.267 e. The van der Waals surface area contributed by atoms with Gasteiger partial charge in [-0.05, 0) is 12.1 Å². The second-order valence-corrected chi connectivity index (χ2v) is 4.31. The first-order valence-electron chi connectivity index (χ1n) is 6.17. The van der Waals surface area contributed by atoms with Gasteiger partial charge in [0.2, 0.25) is 0 Å². The van der Waals surface area contributed by atoms with Gasteiger partial charge < -0.3 is 15.3 Å². The standard InChI is InChI=1S/C14H14N4O/c19-14(17-6-5-13-15-7-8-16-13)12-9-10-3-1-2-4-11(10)18-12/h1-4,7-9,18H,5-6H2,(H,15,16)(H,17,19). The summed E-state index contributed by atoms with van der Waals surface area (Å²) < 4.78 is 0. The van der Waals surface area contributed by atoms with Crippen LogP contribution in [0.1, 0.15) is 16.3 Å². The molecule has 0 unspecified atom stereocenters. The lowest BCUT2D eigenvalue weighted by Gasteiger charge is -2.01. The number of carbonyl (C=O) groups excluding carboxylic acids is 1. The zero-order valence-corrected chi connectivity index (χ0v) is 10.3. The van der Waals surface area contributed by atoms with Gasteiger partial charge in [0.1, 0.15) is 11.5 Å². The number of fused-ring (bicyclic) bond motifs is 1. The van der Waals surface area contributed by atoms with E-state index in [9.17, 15) is 4.79 Å². The van der Waals surface area contributed by atoms with Crippen molar-refractivity contribution in [1.82, 2.24) is 20.3 Å². The van der Waals surface area contributed by atoms with E-state index >= 15 is 0 Å². The van der Waals surface area contributed by atoms with Crippen LogP contribution in [0.25, 0.3) is 10.9 Å². The number of aromatic amines is 2. The third kappa shape index (κ3) is 2.49. The van der Waals surface area contributed by atoms with Crippen molar-refractivity contribution >= 4 is 16.8 Å². The molecule has 0 saturated heterocycles. The third-order valence-corrected chi connectivity index (χ3v) is 2.98. The number of carbonyl (C=O) groups is 1. The lowest BCUT2D eigenvalue weighted by molar-refractivity contribution is 0.0950. The van der Waals surface area contributed by atoms with E-state index in [4.69, 9.17) is 0 Å². The molecule has 2 aromatic heterocycles. The van der Waals surface area contributed by atoms with Crippen LogP contribution < -0.4 is 5.32 Å². The summed E-state index contributed by atoms with van der Waals surface area (Å²) in [5, 5.41) is 3.91. The molecule has 0 aliphatic heterocycles. The maximum atomic E-state index is 12.0. The molecule has 0 saturated carbocycles. The van der Waals surface area contributed by atoms with Gasteiger partial charge in [0.15, 0.2) is 0 Å². The highest BCUT2D eigenvalue weighted by atomic mass is 16.1. The Balaban J connectivity index is 1.63. The van der Waals surface area contributed by atoms with Crippen molar-refractivity contribution in [1.29, 1.82) is 0 Å². The maximum Gasteiger partial charge on any atom is 0.267 e. The summed E-state index contributed by atoms with van der Waals surface area (Å²) in [6.45, 7) is 0.557. The van der Waals surface area contributed by atoms with Crippen LogP contribution in [-0.4, -0.2) is 27.4 Å². The van der Waals surface area contributed by atoms with Crippen LogP contribution in [-0.2, 0) is 6.42 Å². The topological polar surface area (TPSA) is 73.6 Å². The molecule has 0 aliphatic carbocycles. The molecule has 2 heterocycles. The van der Waals surface area contributed by atoms with E-state index in [2.05, 4.69) is 20.3 Å². The molecule has 5 nitrogen and oxygen atoms in total. The highest BCUT2D eigenvalue weighted by Gasteiger charge is 2.08. The van der Waals surface area contributed by atoms with Gasteiger partial charge in [-0.3, -0.25) is 4.79 Å². The molecule has 0 bridgehead atoms. The first-order valence-corrected chi connectivity index (χ1v) is 6.17. The summed E-state index contributed by atoms with van der Waals surface area (Å²) in [7, 11) is 0. The highest BCUT2D eigenvalue weighted by molar-refractivity contribution is 5.97. The van der Waals surface area contributed by atoms with Gasteiger partial charge in [0.05, 0.1) is 0 Å². The van der Waals surface area contributed by atoms with Crippen molar-refractivity contribution in [3.05, 3.63) is 54.2 Å². The van der Waals surface area contributed by atoms with Gasteiger partial charge in [-0.15, -0.1) is 0 Å². The first kappa shape index (κ1) is 11.5. The van der Waals surface area contributed by atoms with Crippen LogP contribution in [0.2, 0.25) is 0 Å². The highest BCUT2D eigenvalue weighted by Crippen LogP contribution is 2.14. The van der Waals surface area contributed by atoms with Gasteiger partial charge in [-0.1, -0.05) is 18.2 Å². The van der Waals surface area contributed by atoms with Crippen LogP contribution >= 0.6 is 0 Å². The Morgan fingerprint density at radius 2 is 2.21 bits per heavy atom. The predicted octanol–water partition coefficient (Wildman–Crippen LogP) is 1.86. The van der Waals surface area contributed by atoms with Gasteiger partial charge in [-0.2, -0.15) is 0 Å². The number of imidazole rings is 1. The third-order valence-electron chi connectivity index (χ3n) is 2.98. The van der Waals surface area contributed by atoms with Crippen LogP contribution in [0.5, 0.6) is 0 Å². The van der Waals surface area contributed by atoms with Gasteiger partial charge in [0, 0.05) is 36.3 Å². The normalized spacial score (nSPS) is 10.7. The number of nitrogens with one attached hydrogen (secondary N) is 3. The molecule has 0 atom stereocenters. The fourth-order valence-corrected chi connectivity index (χ4v) is 2.02. The number of nitrogens with zero attached hydrogens (tertiary/aromatic N) is 1. The second kappa shape index (κ2) is 4.97. The summed E-state index contributed by atoms with van der Waals surface area (Å²) >= 11 is 0. The van der Waals surface area contributed by atoms with Crippen molar-refractivity contribution in [2.24, 2.45) is 0 Å². The number of amides is 1. The van der Waals surface area contributed by atoms with Crippen LogP contribution in [0, 0.1) is 0 Å². The molecule has 0 fully saturated rings. The van der Waals surface area contributed by atoms with Gasteiger partial charge >= 0.3 is 0 Å². The molecule has 1 amide bonds. The van der Waals surface area contributed by atoms with Crippen molar-refractivity contribution in [3.8, 4) is 0 Å². The van der Waals surface area contributed by atoms with E-state index in [1.807, 2.05) is 30.3 Å². The Hall–Kier alpha value is -2.56. The zero-order chi connectivity index (χ0) is 13.1. The largest absolute Gasteiger partial charge is 0.351 e. The van der Waals surface area contributed by atoms with Crippen LogP contribution in [0.3, 0.4) is 0 Å². The van der Waals surface area contributed by atoms with Gasteiger partial charge in [0.25, 0.3) is 5.91 Å². The molecule has 3 rings (SSSR count). The molecule has 0 spiro atoms. The summed E-state index contributed by atoms with van der Waals surface area (Å²) in [4.78, 5) is 22.2. The summed E-state index contributed by atoms with van der Waals surface area (Å²) in [5.41, 5.74) is 1.55. The van der Waals surface area contributed by atoms with E-state index in [0.29, 0.717) is 18.7 Å². The Labute approximate surface area is 110 Å². The Kier molecular flexibility index (Phi) is 3.02. The monoisotopic (exact) mass is 254 g/mol. The van der Waals surface area contributed by atoms with Gasteiger partial charge in [-0.25, -0.2) is 4.98 Å². The molecule has 1 aromatic carbocycles. The maximum absolute atomic E-state index is 12.0. The molecule has 5 heteroatoms. The summed E-state index contributed by atoms with van der Waals surface area (Å²) in [5.74, 6) is 0.778. The number of hydrogen-bond donors (Lipinski definition) is 3. The van der Waals surface area contributed by atoms with E-state index in [1.165, 1.54) is 0 Å². The molecular weight excluding hydrogens is 240 g/mol. The number of hydrogen-bond acceptors (Lipinski definition) is 2. The lowest BCUT2D eigenvalue weighted by atomic mass is 10.2. The molecule has 0 aliphatic rings. The average Bonchev–Trinajstić information content (AvgIpc) is 3.07. The minimum atomic E-state index is -0.0947. The van der Waals surface area contributed by atoms with Crippen molar-refractivity contribution in [3.63, 3.8) is 0 Å². The predicted molar refractivity (Wildman–Crippen MR) is 72.9 cm³/mol. The second-order valence-electron chi connectivity index (χ2n) is 4.31. The van der Waals surface area contributed by atoms with Crippen LogP contribution in [0.15, 0.2) is 42.7 Å². The fourth-order valence-electron chi connectivity index (χ4n) is 2.02. The van der Waals surface area contributed by atoms with Crippen molar-refractivity contribution < 1.29 is 4.79 Å². The molecule has 3 aromatic rings. The fraction of sp³-hybridized carbons (Fsp3) is 0.143. The minimum absolute atomic E-state index is 0.0947. The zero-order valence-electron chi connectivity index (χ0n) is 10.3. The molecule has 96 valence electrons. The molecule has 19 heavy (non-hydrogen) atoms. The average molecular weight is 254 g/mol. The number of para-hydroxylation sites is 1. The van der Waals surface area contributed by atoms with E-state index in [0.717, 1.165) is 16.7 Å². The molecule has 0 radical (unpaired) electrons. The van der Waals surface area contributed by atoms with E-state index in [-0.39, 0.29) is 5.91 Å². The SMILES string of the molecule is O=C(NCCc1ncc[nH]1)c1cc2ccccc2[nH]1.